The number of H-pyrrole nitrogens is 3. The van der Waals surface area contributed by atoms with Gasteiger partial charge in [0.25, 0.3) is 0 Å². The number of rotatable bonds is 5. The van der Waals surface area contributed by atoms with Gasteiger partial charge in [-0.05, 0) is 69.8 Å². The zero-order valence-electron chi connectivity index (χ0n) is 63.7. The van der Waals surface area contributed by atoms with Crippen LogP contribution in [0.4, 0.5) is 0 Å². The number of thiazole rings is 2. The van der Waals surface area contributed by atoms with Gasteiger partial charge < -0.3 is 23.7 Å². The van der Waals surface area contributed by atoms with Crippen LogP contribution < -0.4 is 0 Å². The number of nitrogens with zero attached hydrogens (tertiary/aromatic N) is 11. The molecule has 0 bridgehead atoms. The summed E-state index contributed by atoms with van der Waals surface area (Å²) in [4.78, 5) is 17.9. The van der Waals surface area contributed by atoms with Crippen LogP contribution in [-0.4, -0.2) is 68.6 Å². The van der Waals surface area contributed by atoms with Crippen molar-refractivity contribution in [2.24, 2.45) is 14.1 Å². The molecule has 14 nitrogen and oxygen atoms in total. The topological polar surface area (TPSA) is 173 Å². The fraction of sp³-hybridized carbons (Fsp3) is 0.507. The third-order valence-electron chi connectivity index (χ3n) is 13.2. The molecule has 9 aromatic heterocycles. The first-order valence-corrected chi connectivity index (χ1v) is 34.4. The molecule has 0 saturated heterocycles. The quantitative estimate of drug-likeness (QED) is 0.142. The molecule has 0 fully saturated rings. The summed E-state index contributed by atoms with van der Waals surface area (Å²) < 4.78 is 11.6. The largest absolute Gasteiger partial charge is 0.394 e. The first-order chi connectivity index (χ1) is 42.4. The van der Waals surface area contributed by atoms with Crippen molar-refractivity contribution in [3.63, 3.8) is 0 Å². The smallest absolute Gasteiger partial charge is 0.129 e. The van der Waals surface area contributed by atoms with Crippen molar-refractivity contribution in [1.82, 2.24) is 68.6 Å². The summed E-state index contributed by atoms with van der Waals surface area (Å²) in [5, 5.41) is 26.6. The molecule has 97 heavy (non-hydrogen) atoms. The molecule has 0 unspecified atom stereocenters. The third kappa shape index (κ3) is 38.0. The Hall–Kier alpha value is -4.08. The molecule has 0 aliphatic rings. The van der Waals surface area contributed by atoms with Crippen LogP contribution in [-0.2, 0) is 145 Å². The number of nitrogens with one attached hydrogen (secondary N) is 3. The summed E-state index contributed by atoms with van der Waals surface area (Å²) in [5.74, 6) is 0.843. The Morgan fingerprint density at radius 1 is 0.515 bits per heavy atom. The summed E-state index contributed by atoms with van der Waals surface area (Å²) in [7, 11) is 3.90. The molecule has 0 aliphatic carbocycles. The van der Waals surface area contributed by atoms with E-state index in [2.05, 4.69) is 315 Å². The molecule has 3 N–H and O–H groups in total. The summed E-state index contributed by atoms with van der Waals surface area (Å²) in [5.41, 5.74) is 19.5. The Labute approximate surface area is 657 Å². The maximum atomic E-state index is 4.29. The van der Waals surface area contributed by atoms with Crippen molar-refractivity contribution >= 4 is 76.1 Å². The van der Waals surface area contributed by atoms with Crippen LogP contribution in [0, 0.1) is 23.4 Å². The zero-order valence-corrected chi connectivity index (χ0v) is 77.8. The van der Waals surface area contributed by atoms with Gasteiger partial charge in [-0.25, -0.2) is 11.1 Å². The second-order valence-electron chi connectivity index (χ2n) is 31.3. The molecule has 0 atom stereocenters. The van der Waals surface area contributed by atoms with Crippen molar-refractivity contribution in [2.75, 3.05) is 0 Å². The van der Waals surface area contributed by atoms with Gasteiger partial charge >= 0.3 is 0 Å². The Morgan fingerprint density at radius 3 is 1.34 bits per heavy atom. The normalized spacial score (nSPS) is 11.2. The molecular formula is C75H114N14Re4S4-4. The first-order valence-electron chi connectivity index (χ1n) is 31.1. The first kappa shape index (κ1) is 99.3. The predicted octanol–water partition coefficient (Wildman–Crippen LogP) is 20.7. The molecule has 0 saturated carbocycles. The second kappa shape index (κ2) is 43.7. The standard InChI is InChI=1S/2C10H16N2.3C9H14N2.4C7H10NS.4Re/c1-6-9-8(10(2,3)4)7-12(5)11-9;1-6-8-7-9(10(2,3)4)12(5)11-8;1-5-8-10-6-7(11-8)9(2,3)4;1-5-8-7(6-10-11-8)9(2,3)4;1-5-7-6-8(11-10-7)9(2,3)4;1-7(2,3)6-4-9-5-8-6;1-7(2,3)6-4-8-5-9-6;1-7(2,3)6-4-8-9-5-6;1-7(2,3)6-4-5-8-9-6;;;;/h2*6-7H,1H2,2-5H3;3*5-6H,1H2,2-4H3,(H,10,11);2*4H,1-3H3;5H,1-3H3;4H,1-3H3;;;;/q;;;;;4*-1;;;;. The van der Waals surface area contributed by atoms with Crippen LogP contribution >= 0.6 is 45.7 Å². The number of aromatic nitrogens is 14. The van der Waals surface area contributed by atoms with Crippen LogP contribution in [0.2, 0.25) is 0 Å². The number of aryl methyl sites for hydroxylation is 2. The average Bonchev–Trinajstić information content (AvgIpc) is 1.73. The van der Waals surface area contributed by atoms with Crippen molar-refractivity contribution in [1.29, 1.82) is 0 Å². The molecule has 0 aliphatic heterocycles. The summed E-state index contributed by atoms with van der Waals surface area (Å²) >= 11 is 6.11. The van der Waals surface area contributed by atoms with Crippen LogP contribution in [0.5, 0.6) is 0 Å². The molecule has 22 heteroatoms. The van der Waals surface area contributed by atoms with Gasteiger partial charge in [0.15, 0.2) is 0 Å². The van der Waals surface area contributed by atoms with Crippen LogP contribution in [0.25, 0.3) is 30.4 Å². The average molecular weight is 2080 g/mol. The molecule has 9 rings (SSSR count). The van der Waals surface area contributed by atoms with E-state index in [4.69, 9.17) is 0 Å². The van der Waals surface area contributed by atoms with Crippen LogP contribution in [0.15, 0.2) is 86.6 Å². The van der Waals surface area contributed by atoms with Gasteiger partial charge in [0, 0.05) is 153 Å². The van der Waals surface area contributed by atoms with E-state index in [1.165, 1.54) is 66.5 Å². The van der Waals surface area contributed by atoms with E-state index in [9.17, 15) is 0 Å². The molecular weight excluding hydrogens is 1970 g/mol. The van der Waals surface area contributed by atoms with Gasteiger partial charge in [-0.1, -0.05) is 242 Å². The molecule has 9 aromatic rings. The van der Waals surface area contributed by atoms with E-state index in [-0.39, 0.29) is 130 Å². The van der Waals surface area contributed by atoms with Gasteiger partial charge in [0.1, 0.15) is 5.82 Å². The van der Waals surface area contributed by atoms with E-state index in [0.717, 1.165) is 45.7 Å². The van der Waals surface area contributed by atoms with Crippen molar-refractivity contribution < 1.29 is 81.7 Å². The summed E-state index contributed by atoms with van der Waals surface area (Å²) in [6.07, 6.45) is 22.2. The number of aromatic amines is 3. The summed E-state index contributed by atoms with van der Waals surface area (Å²) in [6, 6.07) is 6.05. The van der Waals surface area contributed by atoms with Crippen LogP contribution in [0.1, 0.15) is 265 Å². The zero-order chi connectivity index (χ0) is 71.8. The maximum Gasteiger partial charge on any atom is 0.129 e. The number of imidazole rings is 1. The fourth-order valence-electron chi connectivity index (χ4n) is 7.35. The maximum absolute atomic E-state index is 4.29. The fourth-order valence-corrected chi connectivity index (χ4v) is 9.99. The SMILES string of the molecule is C=Cc1[nH]ncc1C(C)(C)C.C=Cc1cc(C(C)(C)C)[nH]n1.C=Cc1cc(C(C)(C)C)n(C)n1.C=Cc1ncc(C(C)(C)C)[nH]1.C=Cc1nn(C)cc1C(C)(C)C.CC(C)(C)c1[c-]nsc1.CC(C)(C)c1c[c-]ns1.CC(C)(C)c1cn[c-]s1.CC(C)(C)c1cs[c-]n1.[Re].[Re].[Re].[Re]. The van der Waals surface area contributed by atoms with Gasteiger partial charge in [0.05, 0.1) is 29.0 Å². The minimum absolute atomic E-state index is 0. The Bertz CT molecular complexity index is 3300. The van der Waals surface area contributed by atoms with Gasteiger partial charge in [-0.3, -0.25) is 42.2 Å². The summed E-state index contributed by atoms with van der Waals surface area (Å²) in [6.45, 7) is 76.8. The van der Waals surface area contributed by atoms with E-state index in [0.29, 0.717) is 0 Å². The van der Waals surface area contributed by atoms with E-state index < -0.39 is 0 Å². The Morgan fingerprint density at radius 2 is 1.08 bits per heavy atom. The molecule has 9 heterocycles. The Balaban J connectivity index is -0.000000500. The van der Waals surface area contributed by atoms with E-state index >= 15 is 0 Å². The van der Waals surface area contributed by atoms with Crippen molar-refractivity contribution in [3.8, 4) is 0 Å². The monoisotopic (exact) mass is 2090 g/mol. The molecule has 0 spiro atoms. The minimum Gasteiger partial charge on any atom is -0.394 e. The number of hydrogen-bond donors (Lipinski definition) is 3. The van der Waals surface area contributed by atoms with E-state index in [1.807, 2.05) is 64.9 Å². The molecule has 4 radical (unpaired) electrons. The Kier molecular flexibility index (Phi) is 44.7. The number of hydrogen-bond acceptors (Lipinski definition) is 13. The van der Waals surface area contributed by atoms with Gasteiger partial charge in [-0.2, -0.15) is 49.0 Å². The van der Waals surface area contributed by atoms with Crippen LogP contribution in [0.3, 0.4) is 0 Å². The predicted molar refractivity (Wildman–Crippen MR) is 405 cm³/mol. The van der Waals surface area contributed by atoms with Crippen molar-refractivity contribution in [3.05, 3.63) is 188 Å². The molecule has 540 valence electrons. The minimum atomic E-state index is 0. The third-order valence-corrected chi connectivity index (χ3v) is 16.6. The van der Waals surface area contributed by atoms with Crippen molar-refractivity contribution in [2.45, 2.75) is 236 Å². The van der Waals surface area contributed by atoms with E-state index in [1.54, 1.807) is 41.7 Å². The second-order valence-corrected chi connectivity index (χ2v) is 34.3. The van der Waals surface area contributed by atoms with Gasteiger partial charge in [0.2, 0.25) is 0 Å². The van der Waals surface area contributed by atoms with Gasteiger partial charge in [-0.15, -0.1) is 39.1 Å². The molecule has 0 amide bonds. The molecule has 0 aromatic carbocycles.